The van der Waals surface area contributed by atoms with Gasteiger partial charge < -0.3 is 0 Å². The van der Waals surface area contributed by atoms with Crippen LogP contribution in [0.5, 0.6) is 0 Å². The molecule has 0 fully saturated rings. The van der Waals surface area contributed by atoms with Gasteiger partial charge in [0.25, 0.3) is 0 Å². The highest BCUT2D eigenvalue weighted by atomic mass is 28.3. The molecule has 0 unspecified atom stereocenters. The molecule has 0 nitrogen and oxygen atoms in total. The van der Waals surface area contributed by atoms with Crippen LogP contribution in [0.15, 0.2) is 72.8 Å². The van der Waals surface area contributed by atoms with Crippen molar-refractivity contribution in [2.24, 2.45) is 0 Å². The van der Waals surface area contributed by atoms with E-state index < -0.39 is 16.1 Å². The van der Waals surface area contributed by atoms with Crippen LogP contribution in [0, 0.1) is 0 Å². The van der Waals surface area contributed by atoms with Crippen molar-refractivity contribution in [1.82, 2.24) is 0 Å². The maximum atomic E-state index is 2.59. The van der Waals surface area contributed by atoms with E-state index in [0.717, 1.165) is 11.1 Å². The van der Waals surface area contributed by atoms with Crippen molar-refractivity contribution in [2.45, 2.75) is 50.1 Å². The van der Waals surface area contributed by atoms with Gasteiger partial charge in [0, 0.05) is 0 Å². The predicted molar refractivity (Wildman–Crippen MR) is 113 cm³/mol. The largest absolute Gasteiger partial charge is 0.0878 e. The summed E-state index contributed by atoms with van der Waals surface area (Å²) >= 11 is 0. The minimum atomic E-state index is -1.42. The lowest BCUT2D eigenvalue weighted by Crippen LogP contribution is -2.49. The molecular weight excluding hydrogens is 320 g/mol. The van der Waals surface area contributed by atoms with Gasteiger partial charge in [0.15, 0.2) is 0 Å². The Morgan fingerprint density at radius 3 is 1.21 bits per heavy atom. The van der Waals surface area contributed by atoms with E-state index in [1.165, 1.54) is 12.8 Å². The Morgan fingerprint density at radius 1 is 0.583 bits per heavy atom. The van der Waals surface area contributed by atoms with Gasteiger partial charge in [-0.2, -0.15) is 0 Å². The summed E-state index contributed by atoms with van der Waals surface area (Å²) in [6.45, 7) is 10.2. The highest BCUT2D eigenvalue weighted by molar-refractivity contribution is 6.92. The maximum absolute atomic E-state index is 2.59. The topological polar surface area (TPSA) is 0 Å². The van der Waals surface area contributed by atoms with Crippen molar-refractivity contribution in [2.75, 3.05) is 0 Å². The molecule has 1 aliphatic carbocycles. The van der Waals surface area contributed by atoms with Crippen LogP contribution in [0.25, 0.3) is 0 Å². The normalized spacial score (nSPS) is 21.7. The first-order chi connectivity index (χ1) is 11.4. The van der Waals surface area contributed by atoms with E-state index in [0.29, 0.717) is 0 Å². The first-order valence-corrected chi connectivity index (χ1v) is 15.4. The summed E-state index contributed by atoms with van der Waals surface area (Å²) < 4.78 is 0. The molecule has 0 bridgehead atoms. The second-order valence-electron chi connectivity index (χ2n) is 8.35. The number of rotatable bonds is 4. The molecule has 2 aromatic rings. The molecule has 2 heteroatoms. The first-order valence-electron chi connectivity index (χ1n) is 9.22. The molecule has 0 N–H and O–H groups in total. The second-order valence-corrected chi connectivity index (χ2v) is 17.9. The van der Waals surface area contributed by atoms with Gasteiger partial charge in [0.1, 0.15) is 0 Å². The maximum Gasteiger partial charge on any atom is 0.0873 e. The molecule has 2 atom stereocenters. The van der Waals surface area contributed by atoms with Crippen LogP contribution in [0.4, 0.5) is 0 Å². The summed E-state index contributed by atoms with van der Waals surface area (Å²) in [5.74, 6) is 0. The quantitative estimate of drug-likeness (QED) is 0.518. The highest BCUT2D eigenvalue weighted by Crippen LogP contribution is 2.40. The van der Waals surface area contributed by atoms with Gasteiger partial charge in [-0.1, -0.05) is 109 Å². The lowest BCUT2D eigenvalue weighted by atomic mass is 10.1. The molecular formula is C22H30Si2. The third kappa shape index (κ3) is 3.36. The average molecular weight is 351 g/mol. The van der Waals surface area contributed by atoms with E-state index in [4.69, 9.17) is 0 Å². The standard InChI is InChI=1S/C22H30Si2/c1-23(2,19-11-7-5-8-12-19)21-15-17-22(18-16-21)24(3,4)20-13-9-6-10-14-20/h5-15,17,21-22H,16,18H2,1-4H3/t21-,22-/m0/s1. The minimum absolute atomic E-state index is 0.775. The zero-order valence-corrected chi connectivity index (χ0v) is 17.5. The van der Waals surface area contributed by atoms with Crippen LogP contribution in [-0.4, -0.2) is 16.1 Å². The first kappa shape index (κ1) is 17.4. The summed E-state index contributed by atoms with van der Waals surface area (Å²) in [7, 11) is -2.84. The molecule has 0 aromatic heterocycles. The van der Waals surface area contributed by atoms with Crippen LogP contribution in [0.3, 0.4) is 0 Å². The molecule has 0 heterocycles. The van der Waals surface area contributed by atoms with Crippen LogP contribution in [0.1, 0.15) is 12.8 Å². The second kappa shape index (κ2) is 6.85. The summed E-state index contributed by atoms with van der Waals surface area (Å²) in [5, 5.41) is 3.19. The van der Waals surface area contributed by atoms with Gasteiger partial charge in [-0.3, -0.25) is 0 Å². The Bertz CT molecular complexity index is 625. The van der Waals surface area contributed by atoms with Crippen molar-refractivity contribution in [3.8, 4) is 0 Å². The van der Waals surface area contributed by atoms with Gasteiger partial charge >= 0.3 is 0 Å². The van der Waals surface area contributed by atoms with E-state index >= 15 is 0 Å². The Balaban J connectivity index is 1.79. The zero-order chi connectivity index (χ0) is 17.2. The number of hydrogen-bond acceptors (Lipinski definition) is 0. The third-order valence-electron chi connectivity index (χ3n) is 6.25. The molecule has 24 heavy (non-hydrogen) atoms. The smallest absolute Gasteiger partial charge is 0.0873 e. The Morgan fingerprint density at radius 2 is 0.917 bits per heavy atom. The van der Waals surface area contributed by atoms with E-state index in [-0.39, 0.29) is 0 Å². The Labute approximate surface area is 149 Å². The Hall–Kier alpha value is -1.39. The fraction of sp³-hybridized carbons (Fsp3) is 0.364. The molecule has 0 amide bonds. The van der Waals surface area contributed by atoms with E-state index in [1.54, 1.807) is 10.4 Å². The van der Waals surface area contributed by atoms with Gasteiger partial charge in [0.2, 0.25) is 0 Å². The molecule has 0 radical (unpaired) electrons. The van der Waals surface area contributed by atoms with E-state index in [2.05, 4.69) is 99.0 Å². The van der Waals surface area contributed by atoms with E-state index in [9.17, 15) is 0 Å². The molecule has 0 saturated carbocycles. The van der Waals surface area contributed by atoms with Crippen LogP contribution < -0.4 is 10.4 Å². The van der Waals surface area contributed by atoms with Gasteiger partial charge in [-0.25, -0.2) is 0 Å². The highest BCUT2D eigenvalue weighted by Gasteiger charge is 2.38. The van der Waals surface area contributed by atoms with Crippen molar-refractivity contribution in [1.29, 1.82) is 0 Å². The van der Waals surface area contributed by atoms with Crippen LogP contribution in [-0.2, 0) is 0 Å². The summed E-state index contributed by atoms with van der Waals surface area (Å²) in [5.41, 5.74) is 1.55. The zero-order valence-electron chi connectivity index (χ0n) is 15.5. The lowest BCUT2D eigenvalue weighted by molar-refractivity contribution is 0.702. The number of allylic oxidation sites excluding steroid dienone is 2. The fourth-order valence-electron chi connectivity index (χ4n) is 4.19. The minimum Gasteiger partial charge on any atom is -0.0878 e. The van der Waals surface area contributed by atoms with E-state index in [1.807, 2.05) is 0 Å². The van der Waals surface area contributed by atoms with Gasteiger partial charge in [-0.15, -0.1) is 0 Å². The third-order valence-corrected chi connectivity index (χ3v) is 14.6. The molecule has 0 saturated heterocycles. The number of benzene rings is 2. The summed E-state index contributed by atoms with van der Waals surface area (Å²) in [6.07, 6.45) is 7.90. The molecule has 0 aliphatic heterocycles. The summed E-state index contributed by atoms with van der Waals surface area (Å²) in [6, 6.07) is 22.4. The Kier molecular flexibility index (Phi) is 4.98. The molecule has 1 aliphatic rings. The average Bonchev–Trinajstić information content (AvgIpc) is 2.63. The van der Waals surface area contributed by atoms with Crippen LogP contribution in [0.2, 0.25) is 37.3 Å². The SMILES string of the molecule is C[Si](C)(c1ccccc1)[C@H]1C=C[C@H]([Si](C)(C)c2ccccc2)CC1. The molecule has 0 spiro atoms. The van der Waals surface area contributed by atoms with Gasteiger partial charge in [-0.05, 0) is 23.9 Å². The van der Waals surface area contributed by atoms with Crippen molar-refractivity contribution < 1.29 is 0 Å². The fourth-order valence-corrected chi connectivity index (χ4v) is 10.1. The van der Waals surface area contributed by atoms with Crippen molar-refractivity contribution in [3.05, 3.63) is 72.8 Å². The molecule has 2 aromatic carbocycles. The number of hydrogen-bond donors (Lipinski definition) is 0. The monoisotopic (exact) mass is 350 g/mol. The van der Waals surface area contributed by atoms with Crippen molar-refractivity contribution in [3.63, 3.8) is 0 Å². The predicted octanol–water partition coefficient (Wildman–Crippen LogP) is 5.31. The van der Waals surface area contributed by atoms with Crippen LogP contribution >= 0.6 is 0 Å². The van der Waals surface area contributed by atoms with Crippen molar-refractivity contribution >= 4 is 26.5 Å². The molecule has 126 valence electrons. The lowest BCUT2D eigenvalue weighted by Gasteiger charge is -2.39. The van der Waals surface area contributed by atoms with Gasteiger partial charge in [0.05, 0.1) is 16.1 Å². The molecule has 3 rings (SSSR count). The summed E-state index contributed by atoms with van der Waals surface area (Å²) in [4.78, 5) is 0.